The third-order valence-electron chi connectivity index (χ3n) is 2.16. The lowest BCUT2D eigenvalue weighted by atomic mass is 10.2. The number of rotatable bonds is 2. The molecule has 0 aromatic carbocycles. The highest BCUT2D eigenvalue weighted by atomic mass is 32.1. The Bertz CT molecular complexity index is 332. The molecule has 12 heavy (non-hydrogen) atoms. The Morgan fingerprint density at radius 3 is 2.75 bits per heavy atom. The van der Waals surface area contributed by atoms with Crippen LogP contribution in [-0.4, -0.2) is 14.8 Å². The molecule has 0 atom stereocenters. The van der Waals surface area contributed by atoms with Crippen molar-refractivity contribution < 1.29 is 0 Å². The molecule has 1 saturated carbocycles. The molecule has 0 amide bonds. The first-order valence-corrected chi connectivity index (χ1v) is 4.77. The molecule has 1 fully saturated rings. The lowest BCUT2D eigenvalue weighted by molar-refractivity contribution is 0.634. The van der Waals surface area contributed by atoms with E-state index in [4.69, 9.17) is 12.2 Å². The molecule has 1 N–H and O–H groups in total. The third kappa shape index (κ3) is 1.20. The standard InChI is InChI=1S/C8H13N3S/c1-5(2)7-9-10-8(12)11(7)6-3-4-6/h5-6H,3-4H2,1-2H3,(H,10,12). The van der Waals surface area contributed by atoms with Crippen LogP contribution in [0.25, 0.3) is 0 Å². The highest BCUT2D eigenvalue weighted by Gasteiger charge is 2.27. The molecule has 1 aliphatic rings. The van der Waals surface area contributed by atoms with Crippen LogP contribution in [0.2, 0.25) is 0 Å². The molecule has 0 unspecified atom stereocenters. The van der Waals surface area contributed by atoms with Gasteiger partial charge in [-0.3, -0.25) is 5.10 Å². The normalized spacial score (nSPS) is 17.2. The van der Waals surface area contributed by atoms with Gasteiger partial charge in [0.15, 0.2) is 4.77 Å². The zero-order valence-electron chi connectivity index (χ0n) is 7.37. The molecule has 66 valence electrons. The Morgan fingerprint density at radius 1 is 1.58 bits per heavy atom. The largest absolute Gasteiger partial charge is 0.301 e. The molecule has 0 bridgehead atoms. The molecule has 0 saturated heterocycles. The Labute approximate surface area is 76.8 Å². The molecule has 0 aliphatic heterocycles. The summed E-state index contributed by atoms with van der Waals surface area (Å²) in [6.07, 6.45) is 2.52. The van der Waals surface area contributed by atoms with Crippen molar-refractivity contribution in [2.45, 2.75) is 38.6 Å². The fourth-order valence-corrected chi connectivity index (χ4v) is 1.70. The second kappa shape index (κ2) is 2.69. The number of hydrogen-bond donors (Lipinski definition) is 1. The van der Waals surface area contributed by atoms with Gasteiger partial charge in [-0.25, -0.2) is 0 Å². The van der Waals surface area contributed by atoms with Gasteiger partial charge in [0.05, 0.1) is 0 Å². The molecule has 1 heterocycles. The second-order valence-electron chi connectivity index (χ2n) is 3.64. The molecule has 0 radical (unpaired) electrons. The summed E-state index contributed by atoms with van der Waals surface area (Å²) in [4.78, 5) is 0. The van der Waals surface area contributed by atoms with Crippen LogP contribution in [0, 0.1) is 4.77 Å². The van der Waals surface area contributed by atoms with Gasteiger partial charge in [0.25, 0.3) is 0 Å². The highest BCUT2D eigenvalue weighted by molar-refractivity contribution is 7.71. The number of aromatic nitrogens is 3. The average molecular weight is 183 g/mol. The van der Waals surface area contributed by atoms with E-state index in [9.17, 15) is 0 Å². The van der Waals surface area contributed by atoms with Gasteiger partial charge in [-0.15, -0.1) is 0 Å². The molecule has 1 aromatic heterocycles. The fraction of sp³-hybridized carbons (Fsp3) is 0.750. The molecular formula is C8H13N3S. The Morgan fingerprint density at radius 2 is 2.25 bits per heavy atom. The molecule has 1 aromatic rings. The van der Waals surface area contributed by atoms with Gasteiger partial charge < -0.3 is 4.57 Å². The van der Waals surface area contributed by atoms with E-state index in [0.717, 1.165) is 10.6 Å². The van der Waals surface area contributed by atoms with Crippen LogP contribution in [0.15, 0.2) is 0 Å². The van der Waals surface area contributed by atoms with E-state index in [0.29, 0.717) is 12.0 Å². The molecular weight excluding hydrogens is 170 g/mol. The van der Waals surface area contributed by atoms with E-state index in [1.54, 1.807) is 0 Å². The van der Waals surface area contributed by atoms with E-state index < -0.39 is 0 Å². The van der Waals surface area contributed by atoms with E-state index in [1.165, 1.54) is 12.8 Å². The lowest BCUT2D eigenvalue weighted by Gasteiger charge is -2.06. The summed E-state index contributed by atoms with van der Waals surface area (Å²) in [6, 6.07) is 0.633. The maximum absolute atomic E-state index is 5.15. The Kier molecular flexibility index (Phi) is 1.79. The van der Waals surface area contributed by atoms with E-state index in [1.807, 2.05) is 0 Å². The van der Waals surface area contributed by atoms with Crippen LogP contribution in [0.4, 0.5) is 0 Å². The molecule has 3 nitrogen and oxygen atoms in total. The number of hydrogen-bond acceptors (Lipinski definition) is 2. The maximum atomic E-state index is 5.15. The van der Waals surface area contributed by atoms with Gasteiger partial charge in [-0.1, -0.05) is 13.8 Å². The number of aromatic amines is 1. The number of H-pyrrole nitrogens is 1. The van der Waals surface area contributed by atoms with Crippen molar-refractivity contribution in [3.63, 3.8) is 0 Å². The van der Waals surface area contributed by atoms with Crippen molar-refractivity contribution in [1.82, 2.24) is 14.8 Å². The topological polar surface area (TPSA) is 33.6 Å². The minimum atomic E-state index is 0.457. The summed E-state index contributed by atoms with van der Waals surface area (Å²) in [5.74, 6) is 1.56. The van der Waals surface area contributed by atoms with Gasteiger partial charge >= 0.3 is 0 Å². The minimum Gasteiger partial charge on any atom is -0.301 e. The van der Waals surface area contributed by atoms with Gasteiger partial charge in [-0.2, -0.15) is 5.10 Å². The van der Waals surface area contributed by atoms with Crippen LogP contribution in [0.1, 0.15) is 44.5 Å². The summed E-state index contributed by atoms with van der Waals surface area (Å²) < 4.78 is 2.95. The van der Waals surface area contributed by atoms with Crippen molar-refractivity contribution in [1.29, 1.82) is 0 Å². The summed E-state index contributed by atoms with van der Waals surface area (Å²) in [7, 11) is 0. The Hall–Kier alpha value is -0.640. The van der Waals surface area contributed by atoms with Crippen molar-refractivity contribution in [2.75, 3.05) is 0 Å². The van der Waals surface area contributed by atoms with Crippen molar-refractivity contribution in [3.05, 3.63) is 10.6 Å². The summed E-state index contributed by atoms with van der Waals surface area (Å²) >= 11 is 5.15. The first kappa shape index (κ1) is 7.98. The molecule has 4 heteroatoms. The highest BCUT2D eigenvalue weighted by Crippen LogP contribution is 2.36. The molecule has 0 spiro atoms. The van der Waals surface area contributed by atoms with Gasteiger partial charge in [0.2, 0.25) is 0 Å². The fourth-order valence-electron chi connectivity index (χ4n) is 1.41. The number of nitrogens with one attached hydrogen (secondary N) is 1. The van der Waals surface area contributed by atoms with Gasteiger partial charge in [0, 0.05) is 12.0 Å². The molecule has 1 aliphatic carbocycles. The zero-order chi connectivity index (χ0) is 8.72. The van der Waals surface area contributed by atoms with Crippen LogP contribution in [-0.2, 0) is 0 Å². The smallest absolute Gasteiger partial charge is 0.195 e. The van der Waals surface area contributed by atoms with Gasteiger partial charge in [0.1, 0.15) is 5.82 Å². The van der Waals surface area contributed by atoms with Crippen molar-refractivity contribution in [3.8, 4) is 0 Å². The minimum absolute atomic E-state index is 0.457. The zero-order valence-corrected chi connectivity index (χ0v) is 8.19. The SMILES string of the molecule is CC(C)c1n[nH]c(=S)n1C1CC1. The first-order chi connectivity index (χ1) is 5.70. The summed E-state index contributed by atoms with van der Waals surface area (Å²) in [5.41, 5.74) is 0. The predicted molar refractivity (Wildman–Crippen MR) is 49.8 cm³/mol. The maximum Gasteiger partial charge on any atom is 0.195 e. The lowest BCUT2D eigenvalue weighted by Crippen LogP contribution is -2.03. The van der Waals surface area contributed by atoms with Crippen LogP contribution in [0.3, 0.4) is 0 Å². The summed E-state index contributed by atoms with van der Waals surface area (Å²) in [6.45, 7) is 4.29. The Balaban J connectivity index is 2.46. The quantitative estimate of drug-likeness (QED) is 0.714. The van der Waals surface area contributed by atoms with Crippen LogP contribution < -0.4 is 0 Å². The van der Waals surface area contributed by atoms with Crippen LogP contribution >= 0.6 is 12.2 Å². The van der Waals surface area contributed by atoms with Crippen molar-refractivity contribution >= 4 is 12.2 Å². The average Bonchev–Trinajstić information content (AvgIpc) is 2.75. The third-order valence-corrected chi connectivity index (χ3v) is 2.45. The van der Waals surface area contributed by atoms with Crippen molar-refractivity contribution in [2.24, 2.45) is 0 Å². The monoisotopic (exact) mass is 183 g/mol. The predicted octanol–water partition coefficient (Wildman–Crippen LogP) is 2.40. The van der Waals surface area contributed by atoms with E-state index in [-0.39, 0.29) is 0 Å². The summed E-state index contributed by atoms with van der Waals surface area (Å²) in [5, 5.41) is 7.08. The van der Waals surface area contributed by atoms with Crippen LogP contribution in [0.5, 0.6) is 0 Å². The first-order valence-electron chi connectivity index (χ1n) is 4.37. The van der Waals surface area contributed by atoms with E-state index in [2.05, 4.69) is 28.6 Å². The van der Waals surface area contributed by atoms with Gasteiger partial charge in [-0.05, 0) is 25.1 Å². The number of nitrogens with zero attached hydrogens (tertiary/aromatic N) is 2. The second-order valence-corrected chi connectivity index (χ2v) is 4.03. The van der Waals surface area contributed by atoms with E-state index >= 15 is 0 Å². The molecule has 2 rings (SSSR count).